The van der Waals surface area contributed by atoms with Gasteiger partial charge in [0.2, 0.25) is 0 Å². The summed E-state index contributed by atoms with van der Waals surface area (Å²) in [6, 6.07) is 16.6. The maximum Gasteiger partial charge on any atom is 0.313 e. The van der Waals surface area contributed by atoms with Crippen molar-refractivity contribution >= 4 is 0 Å². The van der Waals surface area contributed by atoms with Gasteiger partial charge in [-0.2, -0.15) is 0 Å². The predicted octanol–water partition coefficient (Wildman–Crippen LogP) is 3.85. The normalized spacial score (nSPS) is 10.3. The molecule has 5 heteroatoms. The molecule has 23 heavy (non-hydrogen) atoms. The van der Waals surface area contributed by atoms with Crippen LogP contribution in [0.3, 0.4) is 0 Å². The Hall–Kier alpha value is -3.08. The largest absolute Gasteiger partial charge is 0.457 e. The topological polar surface area (TPSA) is 53.4 Å². The van der Waals surface area contributed by atoms with Crippen molar-refractivity contribution in [2.24, 2.45) is 0 Å². The SMILES string of the molecule is CCn1ccnc(Oc2cccc(Oc3ccccc3)c2)c1=O. The van der Waals surface area contributed by atoms with Gasteiger partial charge in [0.25, 0.3) is 5.88 Å². The highest BCUT2D eigenvalue weighted by Crippen LogP contribution is 2.26. The lowest BCUT2D eigenvalue weighted by Gasteiger charge is -2.09. The summed E-state index contributed by atoms with van der Waals surface area (Å²) >= 11 is 0. The Kier molecular flexibility index (Phi) is 4.38. The van der Waals surface area contributed by atoms with E-state index < -0.39 is 0 Å². The van der Waals surface area contributed by atoms with Crippen LogP contribution in [0.2, 0.25) is 0 Å². The van der Waals surface area contributed by atoms with E-state index in [1.165, 1.54) is 4.57 Å². The highest BCUT2D eigenvalue weighted by Gasteiger charge is 2.07. The Bertz CT molecular complexity index is 844. The molecule has 1 heterocycles. The van der Waals surface area contributed by atoms with Gasteiger partial charge in [-0.1, -0.05) is 24.3 Å². The van der Waals surface area contributed by atoms with Gasteiger partial charge in [0.15, 0.2) is 0 Å². The Balaban J connectivity index is 1.82. The van der Waals surface area contributed by atoms with Gasteiger partial charge in [-0.15, -0.1) is 0 Å². The molecule has 0 unspecified atom stereocenters. The number of ether oxygens (including phenoxy) is 2. The average Bonchev–Trinajstić information content (AvgIpc) is 2.58. The Morgan fingerprint density at radius 3 is 2.39 bits per heavy atom. The minimum atomic E-state index is -0.260. The predicted molar refractivity (Wildman–Crippen MR) is 87.2 cm³/mol. The summed E-state index contributed by atoms with van der Waals surface area (Å²) in [6.07, 6.45) is 3.18. The summed E-state index contributed by atoms with van der Waals surface area (Å²) in [5.41, 5.74) is -0.260. The number of rotatable bonds is 5. The second kappa shape index (κ2) is 6.79. The maximum absolute atomic E-state index is 12.1. The van der Waals surface area contributed by atoms with E-state index in [9.17, 15) is 4.79 Å². The molecule has 0 amide bonds. The van der Waals surface area contributed by atoms with E-state index >= 15 is 0 Å². The van der Waals surface area contributed by atoms with Gasteiger partial charge in [-0.25, -0.2) is 4.98 Å². The van der Waals surface area contributed by atoms with Crippen LogP contribution >= 0.6 is 0 Å². The molecule has 116 valence electrons. The van der Waals surface area contributed by atoms with Crippen LogP contribution in [-0.2, 0) is 6.54 Å². The van der Waals surface area contributed by atoms with Crippen LogP contribution in [0.4, 0.5) is 0 Å². The van der Waals surface area contributed by atoms with Crippen molar-refractivity contribution in [1.29, 1.82) is 0 Å². The zero-order valence-corrected chi connectivity index (χ0v) is 12.7. The lowest BCUT2D eigenvalue weighted by atomic mass is 10.3. The molecule has 0 aliphatic carbocycles. The van der Waals surface area contributed by atoms with Crippen LogP contribution in [0.25, 0.3) is 0 Å². The van der Waals surface area contributed by atoms with Crippen molar-refractivity contribution < 1.29 is 9.47 Å². The quantitative estimate of drug-likeness (QED) is 0.718. The average molecular weight is 308 g/mol. The minimum Gasteiger partial charge on any atom is -0.457 e. The van der Waals surface area contributed by atoms with E-state index in [-0.39, 0.29) is 11.4 Å². The van der Waals surface area contributed by atoms with E-state index in [2.05, 4.69) is 4.98 Å². The summed E-state index contributed by atoms with van der Waals surface area (Å²) in [6.45, 7) is 2.45. The maximum atomic E-state index is 12.1. The number of aryl methyl sites for hydroxylation is 1. The number of hydrogen-bond acceptors (Lipinski definition) is 4. The molecule has 0 saturated heterocycles. The molecule has 0 radical (unpaired) electrons. The first-order valence-corrected chi connectivity index (χ1v) is 7.32. The standard InChI is InChI=1S/C18H16N2O3/c1-2-20-12-11-19-17(18(20)21)23-16-10-6-9-15(13-16)22-14-7-4-3-5-8-14/h3-13H,2H2,1H3. The van der Waals surface area contributed by atoms with Gasteiger partial charge in [0.1, 0.15) is 17.2 Å². The van der Waals surface area contributed by atoms with Gasteiger partial charge in [-0.3, -0.25) is 4.79 Å². The van der Waals surface area contributed by atoms with Crippen molar-refractivity contribution in [3.8, 4) is 23.1 Å². The molecule has 0 fully saturated rings. The Morgan fingerprint density at radius 1 is 0.957 bits per heavy atom. The van der Waals surface area contributed by atoms with Crippen LogP contribution in [-0.4, -0.2) is 9.55 Å². The molecular formula is C18H16N2O3. The third kappa shape index (κ3) is 3.58. The summed E-state index contributed by atoms with van der Waals surface area (Å²) in [5, 5.41) is 0. The van der Waals surface area contributed by atoms with E-state index in [0.29, 0.717) is 18.0 Å². The first-order chi connectivity index (χ1) is 11.3. The lowest BCUT2D eigenvalue weighted by molar-refractivity contribution is 0.436. The molecule has 0 spiro atoms. The number of hydrogen-bond donors (Lipinski definition) is 0. The van der Waals surface area contributed by atoms with Crippen LogP contribution < -0.4 is 15.0 Å². The molecule has 5 nitrogen and oxygen atoms in total. The first kappa shape index (κ1) is 14.8. The van der Waals surface area contributed by atoms with Gasteiger partial charge >= 0.3 is 5.56 Å². The molecule has 1 aromatic heterocycles. The number of nitrogens with zero attached hydrogens (tertiary/aromatic N) is 2. The van der Waals surface area contributed by atoms with Crippen molar-refractivity contribution in [1.82, 2.24) is 9.55 Å². The zero-order valence-electron chi connectivity index (χ0n) is 12.7. The van der Waals surface area contributed by atoms with Crippen molar-refractivity contribution in [3.05, 3.63) is 77.3 Å². The zero-order chi connectivity index (χ0) is 16.1. The molecule has 0 N–H and O–H groups in total. The molecule has 0 saturated carbocycles. The molecule has 0 atom stereocenters. The molecule has 3 aromatic rings. The third-order valence-corrected chi connectivity index (χ3v) is 3.22. The molecular weight excluding hydrogens is 292 g/mol. The van der Waals surface area contributed by atoms with E-state index in [1.54, 1.807) is 30.6 Å². The van der Waals surface area contributed by atoms with Crippen molar-refractivity contribution in [2.45, 2.75) is 13.5 Å². The highest BCUT2D eigenvalue weighted by molar-refractivity contribution is 5.38. The van der Waals surface area contributed by atoms with Gasteiger partial charge in [0.05, 0.1) is 0 Å². The van der Waals surface area contributed by atoms with Gasteiger partial charge in [0, 0.05) is 25.0 Å². The summed E-state index contributed by atoms with van der Waals surface area (Å²) < 4.78 is 12.9. The fraction of sp³-hybridized carbons (Fsp3) is 0.111. The Morgan fingerprint density at radius 2 is 1.65 bits per heavy atom. The second-order valence-corrected chi connectivity index (χ2v) is 4.82. The molecule has 3 rings (SSSR count). The van der Waals surface area contributed by atoms with Crippen molar-refractivity contribution in [3.63, 3.8) is 0 Å². The van der Waals surface area contributed by atoms with Crippen LogP contribution in [0, 0.1) is 0 Å². The number of benzene rings is 2. The fourth-order valence-electron chi connectivity index (χ4n) is 2.08. The summed E-state index contributed by atoms with van der Waals surface area (Å²) in [7, 11) is 0. The summed E-state index contributed by atoms with van der Waals surface area (Å²) in [5.74, 6) is 1.90. The first-order valence-electron chi connectivity index (χ1n) is 7.32. The molecule has 0 aliphatic heterocycles. The van der Waals surface area contributed by atoms with E-state index in [4.69, 9.17) is 9.47 Å². The second-order valence-electron chi connectivity index (χ2n) is 4.82. The lowest BCUT2D eigenvalue weighted by Crippen LogP contribution is -2.20. The number of aromatic nitrogens is 2. The fourth-order valence-corrected chi connectivity index (χ4v) is 2.08. The van der Waals surface area contributed by atoms with Gasteiger partial charge in [-0.05, 0) is 31.2 Å². The third-order valence-electron chi connectivity index (χ3n) is 3.22. The van der Waals surface area contributed by atoms with E-state index in [1.807, 2.05) is 43.3 Å². The van der Waals surface area contributed by atoms with Crippen molar-refractivity contribution in [2.75, 3.05) is 0 Å². The molecule has 0 bridgehead atoms. The minimum absolute atomic E-state index is 0.0474. The van der Waals surface area contributed by atoms with Gasteiger partial charge < -0.3 is 14.0 Å². The monoisotopic (exact) mass is 308 g/mol. The number of para-hydroxylation sites is 1. The van der Waals surface area contributed by atoms with Crippen LogP contribution in [0.15, 0.2) is 71.8 Å². The van der Waals surface area contributed by atoms with E-state index in [0.717, 1.165) is 5.75 Å². The highest BCUT2D eigenvalue weighted by atomic mass is 16.5. The van der Waals surface area contributed by atoms with Crippen LogP contribution in [0.5, 0.6) is 23.1 Å². The molecule has 2 aromatic carbocycles. The smallest absolute Gasteiger partial charge is 0.313 e. The molecule has 0 aliphatic rings. The Labute approximate surface area is 133 Å². The van der Waals surface area contributed by atoms with Crippen LogP contribution in [0.1, 0.15) is 6.92 Å². The summed E-state index contributed by atoms with van der Waals surface area (Å²) in [4.78, 5) is 16.1.